The molecular weight excluding hydrogens is 254 g/mol. The van der Waals surface area contributed by atoms with Crippen LogP contribution in [0.3, 0.4) is 0 Å². The summed E-state index contributed by atoms with van der Waals surface area (Å²) in [6.45, 7) is -0.818. The van der Waals surface area contributed by atoms with Crippen LogP contribution >= 0.6 is 0 Å². The van der Waals surface area contributed by atoms with Gasteiger partial charge >= 0.3 is 0 Å². The highest BCUT2D eigenvalue weighted by atomic mass is 16.3. The molecule has 0 atom stereocenters. The van der Waals surface area contributed by atoms with Crippen LogP contribution in [-0.2, 0) is 4.79 Å². The molecule has 0 aliphatic rings. The number of aromatic hydroxyl groups is 1. The Kier molecular flexibility index (Phi) is 3.03. The van der Waals surface area contributed by atoms with Crippen LogP contribution in [0.15, 0.2) is 52.7 Å². The fourth-order valence-corrected chi connectivity index (χ4v) is 1.57. The van der Waals surface area contributed by atoms with E-state index in [2.05, 4.69) is 15.5 Å². The lowest BCUT2D eigenvalue weighted by Crippen LogP contribution is -2.04. The van der Waals surface area contributed by atoms with Gasteiger partial charge < -0.3 is 10.4 Å². The predicted octanol–water partition coefficient (Wildman–Crippen LogP) is 4.07. The van der Waals surface area contributed by atoms with Crippen LogP contribution < -0.4 is 5.32 Å². The van der Waals surface area contributed by atoms with Crippen molar-refractivity contribution < 1.29 is 14.0 Å². The van der Waals surface area contributed by atoms with Crippen molar-refractivity contribution in [3.05, 3.63) is 48.0 Å². The standard InChI is InChI=1S/C15H15N3O2/c1-10-3-8-15(20)14(9-10)18-17-13-6-4-12(5-7-13)16-11(2)19/h3-9,20H,1-2H3,(H,16,19)/i2D3. The van der Waals surface area contributed by atoms with Gasteiger partial charge in [-0.1, -0.05) is 6.07 Å². The first-order chi connectivity index (χ1) is 10.8. The molecule has 5 nitrogen and oxygen atoms in total. The molecule has 102 valence electrons. The number of amides is 1. The summed E-state index contributed by atoms with van der Waals surface area (Å²) in [6.07, 6.45) is 0. The maximum Gasteiger partial charge on any atom is 0.221 e. The van der Waals surface area contributed by atoms with E-state index in [1.165, 1.54) is 18.2 Å². The molecule has 0 aliphatic carbocycles. The number of phenolic OH excluding ortho intramolecular Hbond substituents is 1. The van der Waals surface area contributed by atoms with Crippen LogP contribution in [0.5, 0.6) is 5.75 Å². The summed E-state index contributed by atoms with van der Waals surface area (Å²) < 4.78 is 21.0. The van der Waals surface area contributed by atoms with Gasteiger partial charge in [0.2, 0.25) is 5.91 Å². The second-order valence-electron chi connectivity index (χ2n) is 4.19. The van der Waals surface area contributed by atoms with Crippen molar-refractivity contribution in [3.63, 3.8) is 0 Å². The average molecular weight is 272 g/mol. The zero-order chi connectivity index (χ0) is 17.0. The predicted molar refractivity (Wildman–Crippen MR) is 77.8 cm³/mol. The van der Waals surface area contributed by atoms with Crippen LogP contribution in [0.2, 0.25) is 0 Å². The Morgan fingerprint density at radius 1 is 1.20 bits per heavy atom. The van der Waals surface area contributed by atoms with E-state index < -0.39 is 12.8 Å². The number of nitrogens with one attached hydrogen (secondary N) is 1. The molecule has 2 rings (SSSR count). The summed E-state index contributed by atoms with van der Waals surface area (Å²) in [5.74, 6) is -1.02. The minimum atomic E-state index is -2.69. The molecule has 0 heterocycles. The lowest BCUT2D eigenvalue weighted by Gasteiger charge is -2.01. The molecule has 20 heavy (non-hydrogen) atoms. The molecule has 1 amide bonds. The quantitative estimate of drug-likeness (QED) is 0.826. The van der Waals surface area contributed by atoms with E-state index >= 15 is 0 Å². The lowest BCUT2D eigenvalue weighted by molar-refractivity contribution is -0.114. The van der Waals surface area contributed by atoms with E-state index in [0.717, 1.165) is 5.56 Å². The van der Waals surface area contributed by atoms with Crippen molar-refractivity contribution in [1.82, 2.24) is 0 Å². The van der Waals surface area contributed by atoms with Crippen molar-refractivity contribution in [2.75, 3.05) is 5.32 Å². The molecule has 0 aliphatic heterocycles. The van der Waals surface area contributed by atoms with Crippen LogP contribution in [0.4, 0.5) is 17.1 Å². The van der Waals surface area contributed by atoms with Gasteiger partial charge in [0.1, 0.15) is 11.4 Å². The number of nitrogens with zero attached hydrogens (tertiary/aromatic N) is 2. The summed E-state index contributed by atoms with van der Waals surface area (Å²) in [4.78, 5) is 11.4. The molecule has 0 bridgehead atoms. The van der Waals surface area contributed by atoms with Crippen LogP contribution in [0.1, 0.15) is 16.5 Å². The first kappa shape index (κ1) is 10.1. The van der Waals surface area contributed by atoms with Crippen LogP contribution in [-0.4, -0.2) is 11.0 Å². The number of carbonyl (C=O) groups excluding carboxylic acids is 1. The van der Waals surface area contributed by atoms with Crippen molar-refractivity contribution >= 4 is 23.0 Å². The zero-order valence-corrected chi connectivity index (χ0v) is 10.8. The normalized spacial score (nSPS) is 13.6. The third-order valence-corrected chi connectivity index (χ3v) is 2.53. The largest absolute Gasteiger partial charge is 0.506 e. The van der Waals surface area contributed by atoms with Crippen molar-refractivity contribution in [1.29, 1.82) is 0 Å². The van der Waals surface area contributed by atoms with Crippen LogP contribution in [0.25, 0.3) is 0 Å². The highest BCUT2D eigenvalue weighted by Crippen LogP contribution is 2.29. The highest BCUT2D eigenvalue weighted by Gasteiger charge is 2.00. The molecule has 2 aromatic carbocycles. The number of phenols is 1. The van der Waals surface area contributed by atoms with Gasteiger partial charge in [-0.2, -0.15) is 5.11 Å². The van der Waals surface area contributed by atoms with Gasteiger partial charge in [-0.15, -0.1) is 5.11 Å². The van der Waals surface area contributed by atoms with Crippen molar-refractivity contribution in [2.24, 2.45) is 10.2 Å². The van der Waals surface area contributed by atoms with Crippen molar-refractivity contribution in [2.45, 2.75) is 13.8 Å². The fourth-order valence-electron chi connectivity index (χ4n) is 1.57. The van der Waals surface area contributed by atoms with Gasteiger partial charge in [0, 0.05) is 16.7 Å². The molecule has 0 fully saturated rings. The van der Waals surface area contributed by atoms with E-state index in [1.54, 1.807) is 24.3 Å². The molecule has 5 heteroatoms. The molecule has 0 spiro atoms. The van der Waals surface area contributed by atoms with Gasteiger partial charge in [0.05, 0.1) is 5.69 Å². The second-order valence-corrected chi connectivity index (χ2v) is 4.19. The number of hydrogen-bond donors (Lipinski definition) is 2. The molecule has 0 radical (unpaired) electrons. The number of aryl methyl sites for hydroxylation is 1. The number of hydrogen-bond acceptors (Lipinski definition) is 4. The Bertz CT molecular complexity index is 741. The first-order valence-corrected chi connectivity index (χ1v) is 5.88. The number of carbonyl (C=O) groups is 1. The summed E-state index contributed by atoms with van der Waals surface area (Å²) in [5.41, 5.74) is 2.14. The van der Waals surface area contributed by atoms with Gasteiger partial charge in [-0.25, -0.2) is 0 Å². The summed E-state index contributed by atoms with van der Waals surface area (Å²) in [6, 6.07) is 11.2. The Hall–Kier alpha value is -2.69. The zero-order valence-electron chi connectivity index (χ0n) is 13.8. The molecular formula is C15H15N3O2. The lowest BCUT2D eigenvalue weighted by atomic mass is 10.2. The summed E-state index contributed by atoms with van der Waals surface area (Å²) >= 11 is 0. The number of anilines is 1. The third kappa shape index (κ3) is 3.65. The minimum Gasteiger partial charge on any atom is -0.506 e. The van der Waals surface area contributed by atoms with Gasteiger partial charge in [0.25, 0.3) is 0 Å². The van der Waals surface area contributed by atoms with E-state index in [1.807, 2.05) is 6.92 Å². The average Bonchev–Trinajstić information content (AvgIpc) is 2.48. The van der Waals surface area contributed by atoms with Crippen LogP contribution in [0, 0.1) is 6.92 Å². The summed E-state index contributed by atoms with van der Waals surface area (Å²) in [5, 5.41) is 19.9. The molecule has 0 unspecified atom stereocenters. The Morgan fingerprint density at radius 2 is 1.95 bits per heavy atom. The smallest absolute Gasteiger partial charge is 0.221 e. The monoisotopic (exact) mass is 272 g/mol. The maximum absolute atomic E-state index is 11.4. The van der Waals surface area contributed by atoms with E-state index in [-0.39, 0.29) is 5.75 Å². The topological polar surface area (TPSA) is 74.0 Å². The number of azo groups is 1. The second kappa shape index (κ2) is 5.97. The molecule has 2 aromatic rings. The fraction of sp³-hybridized carbons (Fsp3) is 0.133. The Labute approximate surface area is 121 Å². The SMILES string of the molecule is [2H]C([2H])([2H])C(=O)Nc1ccc(N=Nc2cc(C)ccc2O)cc1. The molecule has 0 aromatic heterocycles. The van der Waals surface area contributed by atoms with Gasteiger partial charge in [0.15, 0.2) is 0 Å². The maximum atomic E-state index is 11.4. The van der Waals surface area contributed by atoms with E-state index in [4.69, 9.17) is 4.11 Å². The summed E-state index contributed by atoms with van der Waals surface area (Å²) in [7, 11) is 0. The molecule has 2 N–H and O–H groups in total. The highest BCUT2D eigenvalue weighted by molar-refractivity contribution is 5.88. The van der Waals surface area contributed by atoms with Gasteiger partial charge in [-0.3, -0.25) is 4.79 Å². The van der Waals surface area contributed by atoms with Crippen molar-refractivity contribution in [3.8, 4) is 5.75 Å². The Morgan fingerprint density at radius 3 is 2.65 bits per heavy atom. The number of benzene rings is 2. The van der Waals surface area contributed by atoms with E-state index in [0.29, 0.717) is 17.1 Å². The van der Waals surface area contributed by atoms with Gasteiger partial charge in [-0.05, 0) is 48.9 Å². The number of rotatable bonds is 3. The molecule has 0 saturated carbocycles. The molecule has 0 saturated heterocycles. The third-order valence-electron chi connectivity index (χ3n) is 2.53. The van der Waals surface area contributed by atoms with E-state index in [9.17, 15) is 9.90 Å². The first-order valence-electron chi connectivity index (χ1n) is 7.38. The Balaban J connectivity index is 2.09. The minimum absolute atomic E-state index is 0.0286.